The molecule has 0 amide bonds. The third-order valence-electron chi connectivity index (χ3n) is 1.84. The van der Waals surface area contributed by atoms with Crippen molar-refractivity contribution in [2.24, 2.45) is 0 Å². The molecule has 0 heterocycles. The van der Waals surface area contributed by atoms with Crippen LogP contribution in [0.15, 0.2) is 60.7 Å². The van der Waals surface area contributed by atoms with Gasteiger partial charge < -0.3 is 14.7 Å². The molecular weight excluding hydrogens is 358 g/mol. The molecular formula is C12H13O4PSn. The van der Waals surface area contributed by atoms with Gasteiger partial charge in [0.15, 0.2) is 0 Å². The van der Waals surface area contributed by atoms with Crippen molar-refractivity contribution < 1.29 is 19.2 Å². The summed E-state index contributed by atoms with van der Waals surface area (Å²) in [4.78, 5) is 21.6. The van der Waals surface area contributed by atoms with E-state index in [4.69, 9.17) is 19.2 Å². The molecule has 0 aliphatic heterocycles. The molecule has 0 atom stereocenters. The SMILES string of the molecule is O=P(O)(O)O.c1cc[c]([Sn][c]2ccccc2)cc1. The summed E-state index contributed by atoms with van der Waals surface area (Å²) in [6.07, 6.45) is 0. The van der Waals surface area contributed by atoms with Crippen molar-refractivity contribution in [2.45, 2.75) is 0 Å². The third kappa shape index (κ3) is 8.44. The Balaban J connectivity index is 0.000000280. The van der Waals surface area contributed by atoms with Crippen LogP contribution in [0.4, 0.5) is 0 Å². The maximum absolute atomic E-state index is 8.88. The van der Waals surface area contributed by atoms with Crippen LogP contribution >= 0.6 is 7.82 Å². The number of hydrogen-bond donors (Lipinski definition) is 3. The number of hydrogen-bond acceptors (Lipinski definition) is 1. The second-order valence-electron chi connectivity index (χ2n) is 3.37. The Morgan fingerprint density at radius 2 is 1.00 bits per heavy atom. The Kier molecular flexibility index (Phi) is 6.60. The second kappa shape index (κ2) is 7.71. The molecule has 0 saturated heterocycles. The van der Waals surface area contributed by atoms with Gasteiger partial charge in [-0.05, 0) is 0 Å². The first kappa shape index (κ1) is 15.4. The van der Waals surface area contributed by atoms with E-state index in [1.54, 1.807) is 0 Å². The van der Waals surface area contributed by atoms with Crippen molar-refractivity contribution in [1.29, 1.82) is 0 Å². The summed E-state index contributed by atoms with van der Waals surface area (Å²) in [7, 11) is -4.64. The molecule has 2 aromatic rings. The summed E-state index contributed by atoms with van der Waals surface area (Å²) < 4.78 is 12.0. The Morgan fingerprint density at radius 1 is 0.722 bits per heavy atom. The average molecular weight is 371 g/mol. The summed E-state index contributed by atoms with van der Waals surface area (Å²) in [5.41, 5.74) is 0. The van der Waals surface area contributed by atoms with Crippen LogP contribution in [-0.2, 0) is 4.57 Å². The van der Waals surface area contributed by atoms with Crippen LogP contribution in [0.5, 0.6) is 0 Å². The standard InChI is InChI=1S/2C6H5.H3O4P.Sn/c2*1-2-4-6-5-3-1;1-5(2,3)4;/h2*1-5H;(H3,1,2,3,4);. The van der Waals surface area contributed by atoms with Crippen LogP contribution in [0, 0.1) is 0 Å². The molecule has 4 nitrogen and oxygen atoms in total. The van der Waals surface area contributed by atoms with Crippen LogP contribution in [0.3, 0.4) is 0 Å². The van der Waals surface area contributed by atoms with E-state index in [2.05, 4.69) is 60.7 Å². The Labute approximate surface area is 116 Å². The van der Waals surface area contributed by atoms with Gasteiger partial charge >= 0.3 is 96.8 Å². The van der Waals surface area contributed by atoms with Crippen molar-refractivity contribution in [3.05, 3.63) is 60.7 Å². The van der Waals surface area contributed by atoms with Crippen molar-refractivity contribution in [3.8, 4) is 0 Å². The third-order valence-corrected chi connectivity index (χ3v) is 5.39. The van der Waals surface area contributed by atoms with Gasteiger partial charge in [-0.1, -0.05) is 0 Å². The Hall–Kier alpha value is -0.651. The van der Waals surface area contributed by atoms with E-state index in [1.165, 1.54) is 7.16 Å². The van der Waals surface area contributed by atoms with E-state index in [0.29, 0.717) is 0 Å². The van der Waals surface area contributed by atoms with Gasteiger partial charge in [-0.25, -0.2) is 4.57 Å². The summed E-state index contributed by atoms with van der Waals surface area (Å²) >= 11 is -0.517. The fourth-order valence-electron chi connectivity index (χ4n) is 1.21. The maximum atomic E-state index is 8.88. The monoisotopic (exact) mass is 372 g/mol. The molecule has 3 N–H and O–H groups in total. The number of rotatable bonds is 2. The summed E-state index contributed by atoms with van der Waals surface area (Å²) in [6, 6.07) is 21.6. The van der Waals surface area contributed by atoms with E-state index < -0.39 is 29.0 Å². The van der Waals surface area contributed by atoms with Gasteiger partial charge in [-0.3, -0.25) is 0 Å². The summed E-state index contributed by atoms with van der Waals surface area (Å²) in [5, 5.41) is 0. The topological polar surface area (TPSA) is 77.8 Å². The average Bonchev–Trinajstić information content (AvgIpc) is 2.29. The molecule has 0 aliphatic carbocycles. The Morgan fingerprint density at radius 3 is 1.28 bits per heavy atom. The molecule has 0 unspecified atom stereocenters. The first-order valence-corrected chi connectivity index (χ1v) is 9.52. The van der Waals surface area contributed by atoms with Crippen molar-refractivity contribution in [2.75, 3.05) is 0 Å². The molecule has 0 fully saturated rings. The minimum absolute atomic E-state index is 0.517. The Bertz CT molecular complexity index is 452. The van der Waals surface area contributed by atoms with Crippen LogP contribution in [0.25, 0.3) is 0 Å². The van der Waals surface area contributed by atoms with Crippen molar-refractivity contribution in [1.82, 2.24) is 0 Å². The molecule has 0 saturated carbocycles. The van der Waals surface area contributed by atoms with Crippen LogP contribution in [0.1, 0.15) is 0 Å². The minimum atomic E-state index is -4.64. The zero-order chi connectivity index (χ0) is 13.4. The van der Waals surface area contributed by atoms with E-state index in [9.17, 15) is 0 Å². The molecule has 94 valence electrons. The van der Waals surface area contributed by atoms with Gasteiger partial charge in [0.2, 0.25) is 0 Å². The number of benzene rings is 2. The first-order chi connectivity index (χ1) is 8.45. The zero-order valence-corrected chi connectivity index (χ0v) is 13.2. The molecule has 0 aliphatic rings. The van der Waals surface area contributed by atoms with Gasteiger partial charge in [-0.15, -0.1) is 0 Å². The summed E-state index contributed by atoms with van der Waals surface area (Å²) in [5.74, 6) is 0. The molecule has 2 rings (SSSR count). The molecule has 0 bridgehead atoms. The van der Waals surface area contributed by atoms with E-state index in [0.717, 1.165) is 0 Å². The molecule has 2 radical (unpaired) electrons. The van der Waals surface area contributed by atoms with E-state index in [-0.39, 0.29) is 0 Å². The fourth-order valence-corrected chi connectivity index (χ4v) is 4.21. The second-order valence-corrected chi connectivity index (χ2v) is 8.41. The predicted octanol–water partition coefficient (Wildman–Crippen LogP) is 0.413. The quantitative estimate of drug-likeness (QED) is 0.528. The molecule has 18 heavy (non-hydrogen) atoms. The van der Waals surface area contributed by atoms with Gasteiger partial charge in [-0.2, -0.15) is 0 Å². The van der Waals surface area contributed by atoms with E-state index in [1.807, 2.05) is 0 Å². The fraction of sp³-hybridized carbons (Fsp3) is 0. The van der Waals surface area contributed by atoms with Gasteiger partial charge in [0.25, 0.3) is 0 Å². The van der Waals surface area contributed by atoms with Gasteiger partial charge in [0.1, 0.15) is 0 Å². The van der Waals surface area contributed by atoms with Gasteiger partial charge in [0, 0.05) is 0 Å². The summed E-state index contributed by atoms with van der Waals surface area (Å²) in [6.45, 7) is 0. The van der Waals surface area contributed by atoms with Crippen molar-refractivity contribution in [3.63, 3.8) is 0 Å². The first-order valence-electron chi connectivity index (χ1n) is 5.10. The molecule has 6 heteroatoms. The zero-order valence-electron chi connectivity index (χ0n) is 9.47. The van der Waals surface area contributed by atoms with E-state index >= 15 is 0 Å². The van der Waals surface area contributed by atoms with Crippen LogP contribution in [-0.4, -0.2) is 35.8 Å². The van der Waals surface area contributed by atoms with Crippen molar-refractivity contribution >= 4 is 36.1 Å². The molecule has 0 spiro atoms. The van der Waals surface area contributed by atoms with Gasteiger partial charge in [0.05, 0.1) is 0 Å². The van der Waals surface area contributed by atoms with Crippen LogP contribution in [0.2, 0.25) is 0 Å². The predicted molar refractivity (Wildman–Crippen MR) is 72.2 cm³/mol. The molecule has 2 aromatic carbocycles. The normalized spacial score (nSPS) is 10.4. The van der Waals surface area contributed by atoms with Crippen LogP contribution < -0.4 is 7.16 Å². The molecule has 0 aromatic heterocycles. The number of phosphoric acid groups is 1.